The Morgan fingerprint density at radius 1 is 1.26 bits per heavy atom. The number of hydrogen-bond acceptors (Lipinski definition) is 4. The Labute approximate surface area is 121 Å². The summed E-state index contributed by atoms with van der Waals surface area (Å²) in [4.78, 5) is 4.08. The van der Waals surface area contributed by atoms with Crippen molar-refractivity contribution in [1.29, 1.82) is 0 Å². The molecule has 0 unspecified atom stereocenters. The minimum Gasteiger partial charge on any atom is -0.486 e. The second-order valence-corrected chi connectivity index (χ2v) is 4.58. The van der Waals surface area contributed by atoms with Gasteiger partial charge in [0.2, 0.25) is 5.88 Å². The molecular weight excluding hydrogens is 287 g/mol. The summed E-state index contributed by atoms with van der Waals surface area (Å²) in [5.74, 6) is 0.987. The summed E-state index contributed by atoms with van der Waals surface area (Å²) in [5.41, 5.74) is 7.05. The van der Waals surface area contributed by atoms with E-state index in [1.807, 2.05) is 6.07 Å². The SMILES string of the molecule is COc1ncccc1COc1cc(Cl)c(Cl)cc1N. The van der Waals surface area contributed by atoms with Gasteiger partial charge in [0, 0.05) is 12.3 Å². The second kappa shape index (κ2) is 5.99. The van der Waals surface area contributed by atoms with Crippen molar-refractivity contribution in [2.24, 2.45) is 0 Å². The fourth-order valence-corrected chi connectivity index (χ4v) is 1.87. The largest absolute Gasteiger partial charge is 0.486 e. The van der Waals surface area contributed by atoms with E-state index < -0.39 is 0 Å². The number of rotatable bonds is 4. The van der Waals surface area contributed by atoms with Gasteiger partial charge in [-0.3, -0.25) is 0 Å². The van der Waals surface area contributed by atoms with Crippen molar-refractivity contribution >= 4 is 28.9 Å². The first-order valence-electron chi connectivity index (χ1n) is 5.47. The van der Waals surface area contributed by atoms with Crippen LogP contribution in [0.2, 0.25) is 10.0 Å². The summed E-state index contributed by atoms with van der Waals surface area (Å²) in [5, 5.41) is 0.787. The van der Waals surface area contributed by atoms with Gasteiger partial charge in [-0.15, -0.1) is 0 Å². The first-order chi connectivity index (χ1) is 9.11. The van der Waals surface area contributed by atoms with Gasteiger partial charge in [0.15, 0.2) is 0 Å². The maximum atomic E-state index is 5.92. The summed E-state index contributed by atoms with van der Waals surface area (Å²) >= 11 is 11.8. The third kappa shape index (κ3) is 3.22. The van der Waals surface area contributed by atoms with Gasteiger partial charge in [-0.05, 0) is 18.2 Å². The Balaban J connectivity index is 2.17. The first kappa shape index (κ1) is 13.8. The molecule has 0 saturated carbocycles. The minimum atomic E-state index is 0.277. The van der Waals surface area contributed by atoms with Crippen molar-refractivity contribution < 1.29 is 9.47 Å². The number of halogens is 2. The van der Waals surface area contributed by atoms with E-state index in [4.69, 9.17) is 38.4 Å². The zero-order valence-corrected chi connectivity index (χ0v) is 11.7. The van der Waals surface area contributed by atoms with Crippen LogP contribution in [-0.4, -0.2) is 12.1 Å². The van der Waals surface area contributed by atoms with E-state index in [9.17, 15) is 0 Å². The molecule has 2 aromatic rings. The second-order valence-electron chi connectivity index (χ2n) is 3.76. The van der Waals surface area contributed by atoms with Crippen LogP contribution in [-0.2, 0) is 6.61 Å². The molecule has 19 heavy (non-hydrogen) atoms. The Hall–Kier alpha value is -1.65. The number of pyridine rings is 1. The van der Waals surface area contributed by atoms with Gasteiger partial charge in [0.25, 0.3) is 0 Å². The predicted molar refractivity (Wildman–Crippen MR) is 76.0 cm³/mol. The van der Waals surface area contributed by atoms with Crippen molar-refractivity contribution in [2.75, 3.05) is 12.8 Å². The molecule has 0 fully saturated rings. The highest BCUT2D eigenvalue weighted by Crippen LogP contribution is 2.33. The van der Waals surface area contributed by atoms with Crippen molar-refractivity contribution in [2.45, 2.75) is 6.61 Å². The van der Waals surface area contributed by atoms with Gasteiger partial charge < -0.3 is 15.2 Å². The molecule has 0 radical (unpaired) electrons. The molecule has 1 aromatic heterocycles. The molecule has 100 valence electrons. The summed E-state index contributed by atoms with van der Waals surface area (Å²) in [6.07, 6.45) is 1.65. The van der Waals surface area contributed by atoms with Crippen LogP contribution in [0.1, 0.15) is 5.56 Å². The molecule has 2 rings (SSSR count). The van der Waals surface area contributed by atoms with Crippen LogP contribution < -0.4 is 15.2 Å². The van der Waals surface area contributed by atoms with E-state index in [1.54, 1.807) is 31.5 Å². The molecule has 0 saturated heterocycles. The lowest BCUT2D eigenvalue weighted by Gasteiger charge is -2.11. The summed E-state index contributed by atoms with van der Waals surface area (Å²) < 4.78 is 10.8. The van der Waals surface area contributed by atoms with E-state index in [0.29, 0.717) is 27.4 Å². The van der Waals surface area contributed by atoms with Gasteiger partial charge in [-0.25, -0.2) is 4.98 Å². The summed E-state index contributed by atoms with van der Waals surface area (Å²) in [7, 11) is 1.55. The normalized spacial score (nSPS) is 10.3. The Kier molecular flexibility index (Phi) is 4.35. The zero-order chi connectivity index (χ0) is 13.8. The number of anilines is 1. The number of aromatic nitrogens is 1. The van der Waals surface area contributed by atoms with Crippen LogP contribution in [0, 0.1) is 0 Å². The Bertz CT molecular complexity index is 591. The third-order valence-corrected chi connectivity index (χ3v) is 3.20. The van der Waals surface area contributed by atoms with Crippen molar-refractivity contribution in [1.82, 2.24) is 4.98 Å². The molecule has 0 spiro atoms. The highest BCUT2D eigenvalue weighted by atomic mass is 35.5. The van der Waals surface area contributed by atoms with Crippen LogP contribution in [0.15, 0.2) is 30.5 Å². The van der Waals surface area contributed by atoms with Gasteiger partial charge >= 0.3 is 0 Å². The number of nitrogens with two attached hydrogens (primary N) is 1. The lowest BCUT2D eigenvalue weighted by atomic mass is 10.2. The van der Waals surface area contributed by atoms with Crippen LogP contribution in [0.5, 0.6) is 11.6 Å². The Morgan fingerprint density at radius 3 is 2.74 bits per heavy atom. The maximum Gasteiger partial charge on any atom is 0.219 e. The summed E-state index contributed by atoms with van der Waals surface area (Å²) in [6, 6.07) is 6.81. The highest BCUT2D eigenvalue weighted by molar-refractivity contribution is 6.42. The van der Waals surface area contributed by atoms with E-state index in [2.05, 4.69) is 4.98 Å². The van der Waals surface area contributed by atoms with Gasteiger partial charge in [-0.2, -0.15) is 0 Å². The highest BCUT2D eigenvalue weighted by Gasteiger charge is 2.08. The number of nitrogen functional groups attached to an aromatic ring is 1. The standard InChI is InChI=1S/C13H12Cl2N2O2/c1-18-13-8(3-2-4-17-13)7-19-12-6-10(15)9(14)5-11(12)16/h2-6H,7,16H2,1H3. The number of hydrogen-bond donors (Lipinski definition) is 1. The topological polar surface area (TPSA) is 57.4 Å². The zero-order valence-electron chi connectivity index (χ0n) is 10.2. The van der Waals surface area contributed by atoms with Gasteiger partial charge in [0.1, 0.15) is 12.4 Å². The lowest BCUT2D eigenvalue weighted by molar-refractivity contribution is 0.295. The van der Waals surface area contributed by atoms with E-state index >= 15 is 0 Å². The average Bonchev–Trinajstić information content (AvgIpc) is 2.41. The average molecular weight is 299 g/mol. The first-order valence-corrected chi connectivity index (χ1v) is 6.22. The fraction of sp³-hybridized carbons (Fsp3) is 0.154. The third-order valence-electron chi connectivity index (χ3n) is 2.48. The molecule has 0 aliphatic heterocycles. The molecule has 0 atom stereocenters. The van der Waals surface area contributed by atoms with Crippen LogP contribution in [0.3, 0.4) is 0 Å². The van der Waals surface area contributed by atoms with Gasteiger partial charge in [-0.1, -0.05) is 23.2 Å². The van der Waals surface area contributed by atoms with Crippen molar-refractivity contribution in [3.63, 3.8) is 0 Å². The number of benzene rings is 1. The molecule has 0 bridgehead atoms. The Morgan fingerprint density at radius 2 is 2.00 bits per heavy atom. The molecule has 2 N–H and O–H groups in total. The smallest absolute Gasteiger partial charge is 0.219 e. The maximum absolute atomic E-state index is 5.92. The minimum absolute atomic E-state index is 0.277. The van der Waals surface area contributed by atoms with Crippen molar-refractivity contribution in [3.05, 3.63) is 46.1 Å². The molecule has 0 aliphatic carbocycles. The van der Waals surface area contributed by atoms with Crippen LogP contribution in [0.25, 0.3) is 0 Å². The molecule has 1 heterocycles. The monoisotopic (exact) mass is 298 g/mol. The number of methoxy groups -OCH3 is 1. The van der Waals surface area contributed by atoms with Crippen LogP contribution in [0.4, 0.5) is 5.69 Å². The fourth-order valence-electron chi connectivity index (χ4n) is 1.54. The molecule has 1 aromatic carbocycles. The number of ether oxygens (including phenoxy) is 2. The molecule has 6 heteroatoms. The van der Waals surface area contributed by atoms with E-state index in [1.165, 1.54) is 0 Å². The predicted octanol–water partition coefficient (Wildman–Crippen LogP) is 3.56. The molecule has 0 aliphatic rings. The van der Waals surface area contributed by atoms with E-state index in [-0.39, 0.29) is 6.61 Å². The molecule has 4 nitrogen and oxygen atoms in total. The van der Waals surface area contributed by atoms with E-state index in [0.717, 1.165) is 5.56 Å². The summed E-state index contributed by atoms with van der Waals surface area (Å²) in [6.45, 7) is 0.277. The molecule has 0 amide bonds. The molecular formula is C13H12Cl2N2O2. The van der Waals surface area contributed by atoms with Gasteiger partial charge in [0.05, 0.1) is 28.4 Å². The quantitative estimate of drug-likeness (QED) is 0.877. The van der Waals surface area contributed by atoms with Crippen molar-refractivity contribution in [3.8, 4) is 11.6 Å². The van der Waals surface area contributed by atoms with Crippen LogP contribution >= 0.6 is 23.2 Å². The lowest BCUT2D eigenvalue weighted by Crippen LogP contribution is -2.02. The number of nitrogens with zero attached hydrogens (tertiary/aromatic N) is 1.